The minimum absolute atomic E-state index is 0.158. The lowest BCUT2D eigenvalue weighted by molar-refractivity contribution is 0.102. The molecule has 1 saturated heterocycles. The molecule has 3 heterocycles. The van der Waals surface area contributed by atoms with Crippen molar-refractivity contribution in [3.8, 4) is 11.3 Å². The van der Waals surface area contributed by atoms with Gasteiger partial charge in [-0.25, -0.2) is 9.97 Å². The van der Waals surface area contributed by atoms with Gasteiger partial charge in [0.15, 0.2) is 0 Å². The molecule has 1 aliphatic heterocycles. The van der Waals surface area contributed by atoms with E-state index in [-0.39, 0.29) is 17.2 Å². The number of H-pyrrole nitrogens is 1. The van der Waals surface area contributed by atoms with Crippen LogP contribution < -0.4 is 21.1 Å². The standard InChI is InChI=1S/C25H31N7O3/c1-26-25-27-9-8-21(30-25)19-16-22(24(34)28-17-19)29-23(33)18-4-6-20(7-5-18)32-13-11-31(12-14-32)10-3-15-35-2/h4-9,16-17H,3,10-15H2,1-2H3,(H,28,34)(H,29,33)(H,26,27,30). The largest absolute Gasteiger partial charge is 0.385 e. The van der Waals surface area contributed by atoms with Crippen LogP contribution in [-0.2, 0) is 4.74 Å². The number of carbonyl (C=O) groups is 1. The van der Waals surface area contributed by atoms with Crippen LogP contribution in [-0.4, -0.2) is 79.2 Å². The molecule has 10 heteroatoms. The third-order valence-electron chi connectivity index (χ3n) is 6.02. The highest BCUT2D eigenvalue weighted by Crippen LogP contribution is 2.20. The average Bonchev–Trinajstić information content (AvgIpc) is 2.90. The number of amides is 1. The monoisotopic (exact) mass is 477 g/mol. The van der Waals surface area contributed by atoms with Gasteiger partial charge in [-0.1, -0.05) is 0 Å². The Labute approximate surface area is 204 Å². The Kier molecular flexibility index (Phi) is 8.07. The Morgan fingerprint density at radius 3 is 2.63 bits per heavy atom. The first kappa shape index (κ1) is 24.4. The fourth-order valence-corrected chi connectivity index (χ4v) is 4.04. The van der Waals surface area contributed by atoms with Crippen molar-refractivity contribution < 1.29 is 9.53 Å². The van der Waals surface area contributed by atoms with Gasteiger partial charge in [0, 0.05) is 82.7 Å². The van der Waals surface area contributed by atoms with Crippen molar-refractivity contribution in [3.63, 3.8) is 0 Å². The molecular formula is C25H31N7O3. The zero-order valence-electron chi connectivity index (χ0n) is 20.1. The molecule has 1 aromatic carbocycles. The summed E-state index contributed by atoms with van der Waals surface area (Å²) < 4.78 is 5.14. The molecule has 2 aromatic heterocycles. The third kappa shape index (κ3) is 6.23. The Morgan fingerprint density at radius 2 is 1.91 bits per heavy atom. The number of benzene rings is 1. The summed E-state index contributed by atoms with van der Waals surface area (Å²) in [6.45, 7) is 5.74. The second kappa shape index (κ2) is 11.6. The van der Waals surface area contributed by atoms with E-state index in [0.29, 0.717) is 22.8 Å². The van der Waals surface area contributed by atoms with E-state index in [1.54, 1.807) is 50.8 Å². The van der Waals surface area contributed by atoms with Crippen LogP contribution in [0.4, 0.5) is 17.3 Å². The van der Waals surface area contributed by atoms with E-state index in [2.05, 4.69) is 35.4 Å². The number of nitrogens with zero attached hydrogens (tertiary/aromatic N) is 4. The lowest BCUT2D eigenvalue weighted by atomic mass is 10.1. The molecule has 0 unspecified atom stereocenters. The molecule has 35 heavy (non-hydrogen) atoms. The summed E-state index contributed by atoms with van der Waals surface area (Å²) >= 11 is 0. The molecule has 4 rings (SSSR count). The van der Waals surface area contributed by atoms with Crippen molar-refractivity contribution in [1.82, 2.24) is 19.9 Å². The summed E-state index contributed by atoms with van der Waals surface area (Å²) in [6, 6.07) is 10.8. The van der Waals surface area contributed by atoms with Crippen molar-refractivity contribution >= 4 is 23.2 Å². The van der Waals surface area contributed by atoms with Crippen LogP contribution in [0.3, 0.4) is 0 Å². The van der Waals surface area contributed by atoms with Gasteiger partial charge in [0.25, 0.3) is 11.5 Å². The first-order chi connectivity index (χ1) is 17.1. The number of methoxy groups -OCH3 is 1. The highest BCUT2D eigenvalue weighted by molar-refractivity contribution is 6.04. The molecular weight excluding hydrogens is 446 g/mol. The molecule has 1 amide bonds. The van der Waals surface area contributed by atoms with Gasteiger partial charge in [0.05, 0.1) is 5.69 Å². The van der Waals surface area contributed by atoms with E-state index in [0.717, 1.165) is 51.4 Å². The molecule has 10 nitrogen and oxygen atoms in total. The first-order valence-electron chi connectivity index (χ1n) is 11.7. The van der Waals surface area contributed by atoms with Gasteiger partial charge in [0.2, 0.25) is 5.95 Å². The van der Waals surface area contributed by atoms with Gasteiger partial charge in [0.1, 0.15) is 5.69 Å². The average molecular weight is 478 g/mol. The number of hydrogen-bond donors (Lipinski definition) is 3. The van der Waals surface area contributed by atoms with Gasteiger partial charge in [-0.3, -0.25) is 14.5 Å². The number of hydrogen-bond acceptors (Lipinski definition) is 8. The summed E-state index contributed by atoms with van der Waals surface area (Å²) in [5, 5.41) is 5.61. The van der Waals surface area contributed by atoms with E-state index < -0.39 is 0 Å². The number of aromatic nitrogens is 3. The number of ether oxygens (including phenoxy) is 1. The molecule has 1 fully saturated rings. The molecule has 3 aromatic rings. The van der Waals surface area contributed by atoms with Crippen molar-refractivity contribution in [2.24, 2.45) is 0 Å². The van der Waals surface area contributed by atoms with E-state index in [9.17, 15) is 9.59 Å². The number of aromatic amines is 1. The first-order valence-corrected chi connectivity index (χ1v) is 11.7. The van der Waals surface area contributed by atoms with E-state index in [4.69, 9.17) is 4.74 Å². The Morgan fingerprint density at radius 1 is 1.14 bits per heavy atom. The topological polar surface area (TPSA) is 115 Å². The number of rotatable bonds is 9. The van der Waals surface area contributed by atoms with Gasteiger partial charge in [-0.2, -0.15) is 0 Å². The maximum Gasteiger partial charge on any atom is 0.271 e. The molecule has 3 N–H and O–H groups in total. The number of nitrogens with one attached hydrogen (secondary N) is 3. The van der Waals surface area contributed by atoms with Crippen molar-refractivity contribution in [2.75, 3.05) is 69.0 Å². The highest BCUT2D eigenvalue weighted by Gasteiger charge is 2.17. The van der Waals surface area contributed by atoms with Gasteiger partial charge in [-0.05, 0) is 42.8 Å². The fraction of sp³-hybridized carbons (Fsp3) is 0.360. The maximum absolute atomic E-state index is 12.8. The van der Waals surface area contributed by atoms with Gasteiger partial charge < -0.3 is 25.3 Å². The summed E-state index contributed by atoms with van der Waals surface area (Å²) in [5.74, 6) is 0.118. The van der Waals surface area contributed by atoms with Crippen LogP contribution >= 0.6 is 0 Å². The van der Waals surface area contributed by atoms with Crippen molar-refractivity contribution in [3.05, 3.63) is 64.7 Å². The van der Waals surface area contributed by atoms with Crippen LogP contribution in [0.5, 0.6) is 0 Å². The van der Waals surface area contributed by atoms with Gasteiger partial charge >= 0.3 is 0 Å². The van der Waals surface area contributed by atoms with Crippen LogP contribution in [0.15, 0.2) is 53.6 Å². The van der Waals surface area contributed by atoms with Crippen molar-refractivity contribution in [1.29, 1.82) is 0 Å². The number of carbonyl (C=O) groups excluding carboxylic acids is 1. The highest BCUT2D eigenvalue weighted by atomic mass is 16.5. The van der Waals surface area contributed by atoms with Crippen LogP contribution in [0.25, 0.3) is 11.3 Å². The smallest absolute Gasteiger partial charge is 0.271 e. The second-order valence-corrected chi connectivity index (χ2v) is 8.32. The van der Waals surface area contributed by atoms with Crippen LogP contribution in [0.2, 0.25) is 0 Å². The van der Waals surface area contributed by atoms with Crippen LogP contribution in [0.1, 0.15) is 16.8 Å². The van der Waals surface area contributed by atoms with Gasteiger partial charge in [-0.15, -0.1) is 0 Å². The van der Waals surface area contributed by atoms with E-state index in [1.165, 1.54) is 0 Å². The lowest BCUT2D eigenvalue weighted by Crippen LogP contribution is -2.46. The molecule has 0 spiro atoms. The lowest BCUT2D eigenvalue weighted by Gasteiger charge is -2.36. The Hall–Kier alpha value is -3.76. The molecule has 0 radical (unpaired) electrons. The van der Waals surface area contributed by atoms with Crippen LogP contribution in [0, 0.1) is 0 Å². The summed E-state index contributed by atoms with van der Waals surface area (Å²) in [4.78, 5) is 41.1. The number of anilines is 3. The number of piperazine rings is 1. The zero-order valence-corrected chi connectivity index (χ0v) is 20.1. The van der Waals surface area contributed by atoms with E-state index in [1.807, 2.05) is 12.1 Å². The Balaban J connectivity index is 1.39. The maximum atomic E-state index is 12.8. The SMILES string of the molecule is CNc1nccc(-c2c[nH]c(=O)c(NC(=O)c3ccc(N4CCN(CCCOC)CC4)cc3)c2)n1. The molecule has 1 aliphatic rings. The van der Waals surface area contributed by atoms with Crippen molar-refractivity contribution in [2.45, 2.75) is 6.42 Å². The third-order valence-corrected chi connectivity index (χ3v) is 6.02. The summed E-state index contributed by atoms with van der Waals surface area (Å²) in [6.07, 6.45) is 4.23. The second-order valence-electron chi connectivity index (χ2n) is 8.32. The predicted molar refractivity (Wildman–Crippen MR) is 137 cm³/mol. The molecule has 0 aliphatic carbocycles. The van der Waals surface area contributed by atoms with E-state index >= 15 is 0 Å². The zero-order chi connectivity index (χ0) is 24.6. The minimum atomic E-state index is -0.384. The Bertz CT molecular complexity index is 1190. The number of pyridine rings is 1. The normalized spacial score (nSPS) is 14.1. The molecule has 0 atom stereocenters. The predicted octanol–water partition coefficient (Wildman–Crippen LogP) is 2.28. The molecule has 0 bridgehead atoms. The minimum Gasteiger partial charge on any atom is -0.385 e. The summed E-state index contributed by atoms with van der Waals surface area (Å²) in [7, 11) is 3.46. The quantitative estimate of drug-likeness (QED) is 0.402. The fourth-order valence-electron chi connectivity index (χ4n) is 4.04. The molecule has 0 saturated carbocycles. The summed E-state index contributed by atoms with van der Waals surface area (Å²) in [5.41, 5.74) is 2.63. The molecule has 184 valence electrons.